The highest BCUT2D eigenvalue weighted by molar-refractivity contribution is 9.10. The monoisotopic (exact) mass is 267 g/mol. The molecular weight excluding hydrogens is 250 g/mol. The van der Waals surface area contributed by atoms with Crippen molar-refractivity contribution in [3.63, 3.8) is 0 Å². The molecule has 15 heavy (non-hydrogen) atoms. The molecule has 1 aromatic rings. The van der Waals surface area contributed by atoms with E-state index in [4.69, 9.17) is 0 Å². The van der Waals surface area contributed by atoms with Crippen molar-refractivity contribution in [3.8, 4) is 0 Å². The minimum Gasteiger partial charge on any atom is -0.317 e. The Kier molecular flexibility index (Phi) is 3.47. The molecular formula is C13H18BrN. The largest absolute Gasteiger partial charge is 0.317 e. The van der Waals surface area contributed by atoms with Gasteiger partial charge in [0.2, 0.25) is 0 Å². The summed E-state index contributed by atoms with van der Waals surface area (Å²) in [4.78, 5) is 0. The molecule has 0 aliphatic carbocycles. The third kappa shape index (κ3) is 2.26. The highest BCUT2D eigenvalue weighted by Gasteiger charge is 2.19. The van der Waals surface area contributed by atoms with E-state index < -0.39 is 0 Å². The van der Waals surface area contributed by atoms with Crippen LogP contribution in [0.2, 0.25) is 0 Å². The Labute approximate surface area is 100 Å². The van der Waals surface area contributed by atoms with Crippen molar-refractivity contribution < 1.29 is 0 Å². The highest BCUT2D eigenvalue weighted by atomic mass is 79.9. The number of hydrogen-bond acceptors (Lipinski definition) is 1. The maximum absolute atomic E-state index is 3.63. The highest BCUT2D eigenvalue weighted by Crippen LogP contribution is 2.33. The van der Waals surface area contributed by atoms with Crippen molar-refractivity contribution in [2.45, 2.75) is 32.6 Å². The van der Waals surface area contributed by atoms with Crippen LogP contribution in [-0.4, -0.2) is 13.1 Å². The van der Waals surface area contributed by atoms with Gasteiger partial charge in [-0.25, -0.2) is 0 Å². The molecule has 0 saturated carbocycles. The van der Waals surface area contributed by atoms with E-state index >= 15 is 0 Å². The smallest absolute Gasteiger partial charge is 0.0207 e. The van der Waals surface area contributed by atoms with Crippen LogP contribution in [0.1, 0.15) is 35.4 Å². The lowest BCUT2D eigenvalue weighted by Gasteiger charge is -2.26. The van der Waals surface area contributed by atoms with Gasteiger partial charge in [0.15, 0.2) is 0 Å². The summed E-state index contributed by atoms with van der Waals surface area (Å²) in [7, 11) is 0. The zero-order valence-corrected chi connectivity index (χ0v) is 11.0. The Hall–Kier alpha value is -0.340. The average Bonchev–Trinajstić information content (AvgIpc) is 2.26. The number of hydrogen-bond donors (Lipinski definition) is 1. The molecule has 0 amide bonds. The first-order valence-corrected chi connectivity index (χ1v) is 6.45. The van der Waals surface area contributed by atoms with Crippen LogP contribution in [0.3, 0.4) is 0 Å². The predicted molar refractivity (Wildman–Crippen MR) is 68.5 cm³/mol. The normalized spacial score (nSPS) is 18.1. The first-order valence-electron chi connectivity index (χ1n) is 5.66. The van der Waals surface area contributed by atoms with Crippen LogP contribution >= 0.6 is 15.9 Å². The van der Waals surface area contributed by atoms with Gasteiger partial charge >= 0.3 is 0 Å². The number of benzene rings is 1. The molecule has 1 aliphatic rings. The molecule has 0 radical (unpaired) electrons. The summed E-state index contributed by atoms with van der Waals surface area (Å²) >= 11 is 3.63. The molecule has 1 N–H and O–H groups in total. The van der Waals surface area contributed by atoms with Crippen LogP contribution in [0.4, 0.5) is 0 Å². The van der Waals surface area contributed by atoms with Crippen LogP contribution in [0.5, 0.6) is 0 Å². The van der Waals surface area contributed by atoms with E-state index in [2.05, 4.69) is 47.2 Å². The van der Waals surface area contributed by atoms with Crippen molar-refractivity contribution in [1.82, 2.24) is 5.32 Å². The van der Waals surface area contributed by atoms with Crippen LogP contribution in [0.15, 0.2) is 16.6 Å². The van der Waals surface area contributed by atoms with E-state index in [1.807, 2.05) is 0 Å². The third-order valence-electron chi connectivity index (χ3n) is 3.41. The van der Waals surface area contributed by atoms with Gasteiger partial charge in [-0.15, -0.1) is 0 Å². The number of nitrogens with one attached hydrogen (secondary N) is 1. The SMILES string of the molecule is Cc1ccc(Br)c(C)c1C1CCNCC1. The fourth-order valence-electron chi connectivity index (χ4n) is 2.58. The summed E-state index contributed by atoms with van der Waals surface area (Å²) in [5.74, 6) is 0.753. The molecule has 0 aromatic heterocycles. The first kappa shape index (κ1) is 11.2. The molecule has 1 saturated heterocycles. The van der Waals surface area contributed by atoms with Gasteiger partial charge in [-0.05, 0) is 68.5 Å². The van der Waals surface area contributed by atoms with E-state index in [0.29, 0.717) is 0 Å². The molecule has 2 heteroatoms. The van der Waals surface area contributed by atoms with Gasteiger partial charge in [0, 0.05) is 4.47 Å². The van der Waals surface area contributed by atoms with E-state index in [-0.39, 0.29) is 0 Å². The molecule has 0 atom stereocenters. The van der Waals surface area contributed by atoms with Gasteiger partial charge < -0.3 is 5.32 Å². The fraction of sp³-hybridized carbons (Fsp3) is 0.538. The molecule has 1 heterocycles. The van der Waals surface area contributed by atoms with Gasteiger partial charge in [-0.3, -0.25) is 0 Å². The summed E-state index contributed by atoms with van der Waals surface area (Å²) in [5.41, 5.74) is 4.45. The summed E-state index contributed by atoms with van der Waals surface area (Å²) in [6.07, 6.45) is 2.55. The third-order valence-corrected chi connectivity index (χ3v) is 4.27. The van der Waals surface area contributed by atoms with Gasteiger partial charge in [0.25, 0.3) is 0 Å². The van der Waals surface area contributed by atoms with Gasteiger partial charge in [0.05, 0.1) is 0 Å². The minimum atomic E-state index is 0.753. The Bertz CT molecular complexity index is 354. The Morgan fingerprint density at radius 3 is 2.53 bits per heavy atom. The lowest BCUT2D eigenvalue weighted by atomic mass is 9.85. The first-order chi connectivity index (χ1) is 7.20. The molecule has 0 bridgehead atoms. The van der Waals surface area contributed by atoms with Crippen LogP contribution in [0.25, 0.3) is 0 Å². The summed E-state index contributed by atoms with van der Waals surface area (Å²) in [6, 6.07) is 4.39. The maximum atomic E-state index is 3.63. The molecule has 1 nitrogen and oxygen atoms in total. The van der Waals surface area contributed by atoms with Crippen LogP contribution in [0, 0.1) is 13.8 Å². The number of halogens is 1. The summed E-state index contributed by atoms with van der Waals surface area (Å²) in [6.45, 7) is 6.79. The number of aryl methyl sites for hydroxylation is 1. The van der Waals surface area contributed by atoms with Crippen LogP contribution < -0.4 is 5.32 Å². The zero-order valence-electron chi connectivity index (χ0n) is 9.44. The van der Waals surface area contributed by atoms with Crippen LogP contribution in [-0.2, 0) is 0 Å². The Balaban J connectivity index is 2.36. The fourth-order valence-corrected chi connectivity index (χ4v) is 2.92. The summed E-state index contributed by atoms with van der Waals surface area (Å²) < 4.78 is 1.25. The van der Waals surface area contributed by atoms with Crippen molar-refractivity contribution in [3.05, 3.63) is 33.3 Å². The second-order valence-corrected chi connectivity index (χ2v) is 5.28. The van der Waals surface area contributed by atoms with Crippen molar-refractivity contribution in [2.24, 2.45) is 0 Å². The van der Waals surface area contributed by atoms with E-state index in [1.54, 1.807) is 5.56 Å². The molecule has 1 aromatic carbocycles. The van der Waals surface area contributed by atoms with Crippen molar-refractivity contribution >= 4 is 15.9 Å². The second-order valence-electron chi connectivity index (χ2n) is 4.43. The predicted octanol–water partition coefficient (Wildman–Crippen LogP) is 3.53. The van der Waals surface area contributed by atoms with Crippen molar-refractivity contribution in [2.75, 3.05) is 13.1 Å². The lowest BCUT2D eigenvalue weighted by molar-refractivity contribution is 0.457. The molecule has 82 valence electrons. The van der Waals surface area contributed by atoms with E-state index in [0.717, 1.165) is 19.0 Å². The van der Waals surface area contributed by atoms with Gasteiger partial charge in [-0.2, -0.15) is 0 Å². The Morgan fingerprint density at radius 1 is 1.20 bits per heavy atom. The summed E-state index contributed by atoms with van der Waals surface area (Å²) in [5, 5.41) is 3.43. The molecule has 0 unspecified atom stereocenters. The number of piperidine rings is 1. The zero-order chi connectivity index (χ0) is 10.8. The average molecular weight is 268 g/mol. The van der Waals surface area contributed by atoms with E-state index in [1.165, 1.54) is 28.4 Å². The topological polar surface area (TPSA) is 12.0 Å². The standard InChI is InChI=1S/C13H18BrN/c1-9-3-4-12(14)10(2)13(9)11-5-7-15-8-6-11/h3-4,11,15H,5-8H2,1-2H3. The molecule has 1 fully saturated rings. The number of rotatable bonds is 1. The maximum Gasteiger partial charge on any atom is 0.0207 e. The molecule has 0 spiro atoms. The van der Waals surface area contributed by atoms with Gasteiger partial charge in [0.1, 0.15) is 0 Å². The second kappa shape index (κ2) is 4.67. The molecule has 1 aliphatic heterocycles. The quantitative estimate of drug-likeness (QED) is 0.821. The van der Waals surface area contributed by atoms with Gasteiger partial charge in [-0.1, -0.05) is 22.0 Å². The Morgan fingerprint density at radius 2 is 1.87 bits per heavy atom. The lowest BCUT2D eigenvalue weighted by Crippen LogP contribution is -2.27. The van der Waals surface area contributed by atoms with Crippen molar-refractivity contribution in [1.29, 1.82) is 0 Å². The minimum absolute atomic E-state index is 0.753. The van der Waals surface area contributed by atoms with E-state index in [9.17, 15) is 0 Å². The molecule has 2 rings (SSSR count).